The quantitative estimate of drug-likeness (QED) is 0.136. The molecule has 4 aliphatic heterocycles. The summed E-state index contributed by atoms with van der Waals surface area (Å²) in [5.74, 6) is 3.33. The first-order valence-corrected chi connectivity index (χ1v) is 31.5. The van der Waals surface area contributed by atoms with Crippen LogP contribution in [0, 0.1) is 0 Å². The number of aromatic nitrogens is 6. The second kappa shape index (κ2) is 48.9. The molecule has 3 N–H and O–H groups in total. The van der Waals surface area contributed by atoms with Gasteiger partial charge in [0.1, 0.15) is 17.0 Å². The molecule has 4 aliphatic rings. The summed E-state index contributed by atoms with van der Waals surface area (Å²) in [6, 6.07) is 51.6. The number of thioether (sulfide) groups is 1. The van der Waals surface area contributed by atoms with Crippen molar-refractivity contribution in [3.8, 4) is 11.5 Å². The zero-order valence-electron chi connectivity index (χ0n) is 51.4. The molecule has 81 heavy (non-hydrogen) atoms. The highest BCUT2D eigenvalue weighted by atomic mass is 32.2. The van der Waals surface area contributed by atoms with Gasteiger partial charge in [-0.25, -0.2) is 9.97 Å². The topological polar surface area (TPSA) is 123 Å². The van der Waals surface area contributed by atoms with E-state index in [-0.39, 0.29) is 0 Å². The van der Waals surface area contributed by atoms with E-state index in [1.807, 2.05) is 188 Å². The van der Waals surface area contributed by atoms with Crippen molar-refractivity contribution in [3.63, 3.8) is 0 Å². The largest absolute Gasteiger partial charge is 0.493 e. The molecule has 10 aromatic rings. The number of nitrogens with one attached hydrogen (secondary N) is 3. The number of anilines is 1. The summed E-state index contributed by atoms with van der Waals surface area (Å²) in [5, 5.41) is 12.0. The fourth-order valence-corrected chi connectivity index (χ4v) is 9.18. The van der Waals surface area contributed by atoms with Gasteiger partial charge in [0, 0.05) is 34.4 Å². The van der Waals surface area contributed by atoms with Gasteiger partial charge in [0.05, 0.1) is 53.2 Å². The van der Waals surface area contributed by atoms with E-state index in [0.717, 1.165) is 57.9 Å². The maximum atomic E-state index is 5.42. The molecule has 12 heteroatoms. The zero-order chi connectivity index (χ0) is 59.6. The van der Waals surface area contributed by atoms with Crippen molar-refractivity contribution < 1.29 is 14.2 Å². The van der Waals surface area contributed by atoms with Gasteiger partial charge in [-0.2, -0.15) is 10.2 Å². The Morgan fingerprint density at radius 1 is 0.469 bits per heavy atom. The second-order valence-electron chi connectivity index (χ2n) is 15.6. The molecule has 10 nitrogen and oxygen atoms in total. The predicted octanol–water partition coefficient (Wildman–Crippen LogP) is 20.3. The molecule has 8 heterocycles. The third-order valence-electron chi connectivity index (χ3n) is 11.0. The van der Waals surface area contributed by atoms with Crippen molar-refractivity contribution in [2.75, 3.05) is 31.0 Å². The van der Waals surface area contributed by atoms with E-state index in [0.29, 0.717) is 13.4 Å². The van der Waals surface area contributed by atoms with E-state index in [1.54, 1.807) is 41.1 Å². The van der Waals surface area contributed by atoms with Crippen molar-refractivity contribution in [1.29, 1.82) is 0 Å². The van der Waals surface area contributed by atoms with Crippen LogP contribution in [0.5, 0.6) is 11.5 Å². The number of fused-ring (bicyclic) bond motifs is 7. The molecule has 6 aromatic carbocycles. The first-order valence-electron chi connectivity index (χ1n) is 29.7. The van der Waals surface area contributed by atoms with E-state index in [1.165, 1.54) is 70.5 Å². The van der Waals surface area contributed by atoms with Crippen LogP contribution in [0.2, 0.25) is 0 Å². The minimum Gasteiger partial charge on any atom is -0.493 e. The van der Waals surface area contributed by atoms with Crippen LogP contribution in [0.4, 0.5) is 5.69 Å². The third kappa shape index (κ3) is 27.4. The van der Waals surface area contributed by atoms with E-state index >= 15 is 0 Å². The number of hydrogen-bond acceptors (Lipinski definition) is 10. The highest BCUT2D eigenvalue weighted by molar-refractivity contribution is 7.99. The molecule has 0 unspecified atom stereocenters. The lowest BCUT2D eigenvalue weighted by atomic mass is 10.0. The molecular weight excluding hydrogens is 1040 g/mol. The first kappa shape index (κ1) is 72.0. The van der Waals surface area contributed by atoms with Gasteiger partial charge in [0.25, 0.3) is 0 Å². The van der Waals surface area contributed by atoms with Crippen LogP contribution in [0.3, 0.4) is 0 Å². The Morgan fingerprint density at radius 2 is 1.05 bits per heavy atom. The number of aryl methyl sites for hydroxylation is 3. The molecule has 0 aliphatic carbocycles. The van der Waals surface area contributed by atoms with E-state index in [2.05, 4.69) is 114 Å². The van der Waals surface area contributed by atoms with Gasteiger partial charge in [-0.1, -0.05) is 200 Å². The van der Waals surface area contributed by atoms with Crippen molar-refractivity contribution in [2.24, 2.45) is 0 Å². The Morgan fingerprint density at radius 3 is 1.72 bits per heavy atom. The highest BCUT2D eigenvalue weighted by Gasteiger charge is 2.09. The molecule has 0 atom stereocenters. The van der Waals surface area contributed by atoms with Gasteiger partial charge < -0.3 is 29.5 Å². The van der Waals surface area contributed by atoms with E-state index in [9.17, 15) is 0 Å². The molecule has 14 rings (SSSR count). The monoisotopic (exact) mass is 1140 g/mol. The van der Waals surface area contributed by atoms with Gasteiger partial charge in [-0.3, -0.25) is 0 Å². The summed E-state index contributed by atoms with van der Waals surface area (Å²) in [5.41, 5.74) is 12.9. The maximum Gasteiger partial charge on any atom is 0.189 e. The van der Waals surface area contributed by atoms with Crippen LogP contribution in [0.1, 0.15) is 138 Å². The minimum absolute atomic E-state index is 0.386. The summed E-state index contributed by atoms with van der Waals surface area (Å²) < 4.78 is 16.8. The van der Waals surface area contributed by atoms with Crippen molar-refractivity contribution in [3.05, 3.63) is 204 Å². The van der Waals surface area contributed by atoms with Gasteiger partial charge in [0.2, 0.25) is 0 Å². The lowest BCUT2D eigenvalue weighted by molar-refractivity contribution is -0.0163. The Kier molecular flexibility index (Phi) is 43.5. The average molecular weight is 1140 g/mol. The number of hydrogen-bond donors (Lipinski definition) is 3. The summed E-state index contributed by atoms with van der Waals surface area (Å²) in [6.07, 6.45) is 14.5. The molecule has 4 aromatic heterocycles. The summed E-state index contributed by atoms with van der Waals surface area (Å²) in [6.45, 7) is 31.1. The van der Waals surface area contributed by atoms with Crippen molar-refractivity contribution in [1.82, 2.24) is 30.1 Å². The summed E-state index contributed by atoms with van der Waals surface area (Å²) in [7, 11) is 0. The number of thiazole rings is 1. The van der Waals surface area contributed by atoms with Gasteiger partial charge in [-0.05, 0) is 115 Å². The maximum absolute atomic E-state index is 5.42. The number of aromatic amines is 2. The van der Waals surface area contributed by atoms with E-state index in [4.69, 9.17) is 14.2 Å². The second-order valence-corrected chi connectivity index (χ2v) is 17.6. The lowest BCUT2D eigenvalue weighted by Crippen LogP contribution is -2.10. The smallest absolute Gasteiger partial charge is 0.189 e. The van der Waals surface area contributed by atoms with Gasteiger partial charge >= 0.3 is 0 Å². The molecule has 0 bridgehead atoms. The van der Waals surface area contributed by atoms with Crippen LogP contribution in [0.25, 0.3) is 32.2 Å². The Balaban J connectivity index is 0.000000456. The minimum atomic E-state index is 0.386. The lowest BCUT2D eigenvalue weighted by Gasteiger charge is -2.16. The van der Waals surface area contributed by atoms with Crippen LogP contribution in [-0.2, 0) is 30.6 Å². The summed E-state index contributed by atoms with van der Waals surface area (Å²) in [4.78, 5) is 15.7. The normalized spacial score (nSPS) is 11.7. The number of ether oxygens (including phenoxy) is 3. The third-order valence-corrected chi connectivity index (χ3v) is 12.9. The number of imidazole rings is 1. The number of para-hydroxylation sites is 6. The number of rotatable bonds is 0. The van der Waals surface area contributed by atoms with Crippen molar-refractivity contribution >= 4 is 60.9 Å². The number of H-pyrrole nitrogens is 2. The number of nitrogens with zero attached hydrogens (tertiary/aromatic N) is 4. The van der Waals surface area contributed by atoms with E-state index < -0.39 is 0 Å². The molecular formula is C69H97N7O3S2. The number of benzene rings is 6. The predicted molar refractivity (Wildman–Crippen MR) is 355 cm³/mol. The molecule has 0 saturated carbocycles. The molecule has 0 radical (unpaired) electrons. The Bertz CT molecular complexity index is 2460. The van der Waals surface area contributed by atoms with Crippen LogP contribution >= 0.6 is 23.1 Å². The Hall–Kier alpha value is -6.99. The standard InChI is InChI=1S/C9H11N.C9H10O.C9H10S.C8H7N.C8H8O2.C7H6N2.C5H3N3S.7C2H6/c3*1-2-6-9-8(4-1)5-3-7-10-9;1-2-4-8-7(3-1)5-6-9-8;1-2-4-8-7(3-1)5-9-6-10-8;1-2-4-7-6(3-1)8-5-9-7;1-4-5(2-8-7-1)9-3-6-4;7*1-2/h1-2,4,6,10H,3,5,7H2;2*1-2,4,6H,3,5,7H2;1-6,9H;1-4H,5-6H2;1-5H,(H,8,9);1-3H;7*1-2H3. The van der Waals surface area contributed by atoms with Crippen molar-refractivity contribution in [2.45, 2.75) is 147 Å². The van der Waals surface area contributed by atoms with Crippen LogP contribution < -0.4 is 14.8 Å². The molecule has 0 spiro atoms. The Labute approximate surface area is 496 Å². The van der Waals surface area contributed by atoms with Crippen LogP contribution in [0.15, 0.2) is 187 Å². The molecule has 0 fully saturated rings. The molecule has 0 amide bonds. The summed E-state index contributed by atoms with van der Waals surface area (Å²) >= 11 is 3.56. The highest BCUT2D eigenvalue weighted by Crippen LogP contribution is 2.29. The first-order chi connectivity index (χ1) is 40.3. The molecule has 438 valence electrons. The average Bonchev–Trinajstić information content (AvgIpc) is 4.40. The van der Waals surface area contributed by atoms with Gasteiger partial charge in [-0.15, -0.1) is 23.1 Å². The van der Waals surface area contributed by atoms with Gasteiger partial charge in [0.15, 0.2) is 6.79 Å². The zero-order valence-corrected chi connectivity index (χ0v) is 53.1. The van der Waals surface area contributed by atoms with Crippen LogP contribution in [-0.4, -0.2) is 55.8 Å². The SMILES string of the molecule is CC.CC.CC.CC.CC.CC.CC.c1ccc2[nH]ccc2c1.c1ccc2[nH]cnc2c1.c1ccc2c(c1)CCCN2.c1ccc2c(c1)CCCO2.c1ccc2c(c1)CCCS2.c1ccc2c(c1)COCO2.c1nc2cnncc2s1. The fraction of sp³-hybridized carbons (Fsp3) is 0.362. The molecule has 0 saturated heterocycles. The fourth-order valence-electron chi connectivity index (χ4n) is 7.53.